The maximum Gasteiger partial charge on any atom is 0.240 e. The highest BCUT2D eigenvalue weighted by Crippen LogP contribution is 2.34. The number of sulfonamides is 1. The number of piperazine rings is 1. The van der Waals surface area contributed by atoms with Crippen molar-refractivity contribution in [1.82, 2.24) is 9.62 Å². The van der Waals surface area contributed by atoms with E-state index in [-0.39, 0.29) is 16.8 Å². The monoisotopic (exact) mass is 456 g/mol. The van der Waals surface area contributed by atoms with Gasteiger partial charge >= 0.3 is 0 Å². The second kappa shape index (κ2) is 9.21. The smallest absolute Gasteiger partial charge is 0.240 e. The van der Waals surface area contributed by atoms with Crippen molar-refractivity contribution in [3.05, 3.63) is 53.1 Å². The number of nitrogens with zero attached hydrogens (tertiary/aromatic N) is 2. The molecule has 0 saturated carbocycles. The Labute approximate surface area is 190 Å². The predicted octanol–water partition coefficient (Wildman–Crippen LogP) is 2.54. The van der Waals surface area contributed by atoms with Gasteiger partial charge in [0.1, 0.15) is 0 Å². The minimum absolute atomic E-state index is 0.143. The number of carbonyl (C=O) groups is 1. The van der Waals surface area contributed by atoms with Gasteiger partial charge in [0, 0.05) is 50.5 Å². The van der Waals surface area contributed by atoms with Crippen molar-refractivity contribution in [3.8, 4) is 0 Å². The van der Waals surface area contributed by atoms with E-state index in [1.807, 2.05) is 0 Å². The van der Waals surface area contributed by atoms with Crippen LogP contribution in [0.15, 0.2) is 41.3 Å². The summed E-state index contributed by atoms with van der Waals surface area (Å²) < 4.78 is 29.0. The Morgan fingerprint density at radius 1 is 1.00 bits per heavy atom. The molecule has 172 valence electrons. The molecule has 1 atom stereocenters. The summed E-state index contributed by atoms with van der Waals surface area (Å²) in [4.78, 5) is 16.2. The maximum absolute atomic E-state index is 13.0. The molecule has 0 unspecified atom stereocenters. The highest BCUT2D eigenvalue weighted by Gasteiger charge is 2.28. The third-order valence-corrected chi connectivity index (χ3v) is 8.02. The number of aryl methyl sites for hydroxylation is 1. The number of fused-ring (bicyclic) bond motifs is 1. The van der Waals surface area contributed by atoms with E-state index in [9.17, 15) is 13.2 Å². The molecule has 7 nitrogen and oxygen atoms in total. The minimum atomic E-state index is -3.65. The lowest BCUT2D eigenvalue weighted by molar-refractivity contribution is -0.114. The van der Waals surface area contributed by atoms with Gasteiger partial charge in [-0.05, 0) is 80.3 Å². The normalized spacial score (nSPS) is 19.5. The number of benzene rings is 2. The number of carbonyl (C=O) groups excluding carboxylic acids is 1. The molecule has 4 rings (SSSR count). The van der Waals surface area contributed by atoms with E-state index in [4.69, 9.17) is 0 Å². The van der Waals surface area contributed by atoms with Gasteiger partial charge < -0.3 is 15.1 Å². The summed E-state index contributed by atoms with van der Waals surface area (Å²) in [5.41, 5.74) is 5.77. The minimum Gasteiger partial charge on any atom is -0.369 e. The fraction of sp³-hybridized carbons (Fsp3) is 0.458. The molecule has 2 aliphatic rings. The second-order valence-electron chi connectivity index (χ2n) is 8.92. The van der Waals surface area contributed by atoms with Crippen molar-refractivity contribution in [2.75, 3.05) is 43.4 Å². The Balaban J connectivity index is 1.52. The summed E-state index contributed by atoms with van der Waals surface area (Å²) in [7, 11) is -1.50. The molecule has 0 radical (unpaired) electrons. The van der Waals surface area contributed by atoms with E-state index in [0.29, 0.717) is 12.1 Å². The number of hydrogen-bond acceptors (Lipinski definition) is 5. The molecule has 0 bridgehead atoms. The maximum atomic E-state index is 13.0. The van der Waals surface area contributed by atoms with Crippen LogP contribution in [-0.4, -0.2) is 58.5 Å². The molecule has 2 aromatic rings. The van der Waals surface area contributed by atoms with Crippen LogP contribution >= 0.6 is 0 Å². The van der Waals surface area contributed by atoms with Crippen LogP contribution in [0.1, 0.15) is 30.0 Å². The molecule has 2 N–H and O–H groups in total. The van der Waals surface area contributed by atoms with Crippen molar-refractivity contribution >= 4 is 27.3 Å². The molecule has 8 heteroatoms. The Bertz CT molecular complexity index is 1090. The van der Waals surface area contributed by atoms with Gasteiger partial charge in [-0.15, -0.1) is 0 Å². The number of anilines is 2. The van der Waals surface area contributed by atoms with Crippen LogP contribution < -0.4 is 14.9 Å². The highest BCUT2D eigenvalue weighted by atomic mass is 32.2. The molecule has 1 aliphatic carbocycles. The van der Waals surface area contributed by atoms with Gasteiger partial charge in [0.15, 0.2) is 0 Å². The first-order chi connectivity index (χ1) is 15.2. The van der Waals surface area contributed by atoms with Crippen molar-refractivity contribution in [3.63, 3.8) is 0 Å². The quantitative estimate of drug-likeness (QED) is 0.723. The van der Waals surface area contributed by atoms with Gasteiger partial charge in [-0.25, -0.2) is 13.1 Å². The van der Waals surface area contributed by atoms with E-state index in [0.717, 1.165) is 39.0 Å². The zero-order valence-corrected chi connectivity index (χ0v) is 19.8. The third kappa shape index (κ3) is 4.98. The zero-order valence-electron chi connectivity index (χ0n) is 19.0. The van der Waals surface area contributed by atoms with E-state index < -0.39 is 10.0 Å². The van der Waals surface area contributed by atoms with Crippen molar-refractivity contribution in [2.45, 2.75) is 44.0 Å². The molecular weight excluding hydrogens is 424 g/mol. The molecule has 2 aromatic carbocycles. The lowest BCUT2D eigenvalue weighted by Crippen LogP contribution is -2.45. The van der Waals surface area contributed by atoms with Crippen LogP contribution in [0, 0.1) is 6.92 Å². The molecule has 1 saturated heterocycles. The Morgan fingerprint density at radius 3 is 2.34 bits per heavy atom. The largest absolute Gasteiger partial charge is 0.369 e. The van der Waals surface area contributed by atoms with Crippen LogP contribution in [0.2, 0.25) is 0 Å². The van der Waals surface area contributed by atoms with Crippen LogP contribution in [0.4, 0.5) is 11.4 Å². The summed E-state index contributed by atoms with van der Waals surface area (Å²) in [5.74, 6) is -0.189. The van der Waals surface area contributed by atoms with Crippen molar-refractivity contribution in [1.29, 1.82) is 0 Å². The van der Waals surface area contributed by atoms with Gasteiger partial charge in [0.25, 0.3) is 0 Å². The first-order valence-electron chi connectivity index (χ1n) is 11.2. The SMILES string of the molecule is CC(=O)Nc1ccc(S(=O)(=O)N[C@@H]2CCc3c(C)ccc(N4CCN(C)CC4)c3C2)cc1. The van der Waals surface area contributed by atoms with Gasteiger partial charge in [-0.3, -0.25) is 4.79 Å². The lowest BCUT2D eigenvalue weighted by atomic mass is 9.84. The summed E-state index contributed by atoms with van der Waals surface area (Å²) in [6.45, 7) is 7.62. The molecule has 1 heterocycles. The van der Waals surface area contributed by atoms with Crippen molar-refractivity contribution in [2.24, 2.45) is 0 Å². The zero-order chi connectivity index (χ0) is 22.9. The molecular formula is C24H32N4O3S. The van der Waals surface area contributed by atoms with Gasteiger partial charge in [-0.1, -0.05) is 6.07 Å². The molecule has 0 spiro atoms. The second-order valence-corrected chi connectivity index (χ2v) is 10.6. The summed E-state index contributed by atoms with van der Waals surface area (Å²) in [6.07, 6.45) is 2.35. The van der Waals surface area contributed by atoms with Crippen LogP contribution in [-0.2, 0) is 27.7 Å². The number of rotatable bonds is 5. The topological polar surface area (TPSA) is 81.7 Å². The van der Waals surface area contributed by atoms with E-state index in [1.165, 1.54) is 41.4 Å². The summed E-state index contributed by atoms with van der Waals surface area (Å²) in [6, 6.07) is 10.6. The summed E-state index contributed by atoms with van der Waals surface area (Å²) >= 11 is 0. The first-order valence-corrected chi connectivity index (χ1v) is 12.7. The van der Waals surface area contributed by atoms with Crippen molar-refractivity contribution < 1.29 is 13.2 Å². The number of nitrogens with one attached hydrogen (secondary N) is 2. The van der Waals surface area contributed by atoms with Crippen LogP contribution in [0.5, 0.6) is 0 Å². The molecule has 0 aromatic heterocycles. The lowest BCUT2D eigenvalue weighted by Gasteiger charge is -2.37. The van der Waals surface area contributed by atoms with E-state index in [2.05, 4.69) is 45.9 Å². The average Bonchev–Trinajstić information content (AvgIpc) is 2.74. The van der Waals surface area contributed by atoms with Gasteiger partial charge in [0.05, 0.1) is 4.90 Å². The fourth-order valence-corrected chi connectivity index (χ4v) is 5.96. The number of hydrogen-bond donors (Lipinski definition) is 2. The fourth-order valence-electron chi connectivity index (χ4n) is 4.69. The third-order valence-electron chi connectivity index (χ3n) is 6.48. The standard InChI is InChI=1S/C24H32N4O3S/c1-17-4-11-24(28-14-12-27(3)13-15-28)23-16-20(7-10-22(17)23)26-32(30,31)21-8-5-19(6-9-21)25-18(2)29/h4-6,8-9,11,20,26H,7,10,12-16H2,1-3H3,(H,25,29)/t20-/m1/s1. The Hall–Kier alpha value is -2.42. The molecule has 32 heavy (non-hydrogen) atoms. The van der Waals surface area contributed by atoms with E-state index >= 15 is 0 Å². The molecule has 1 amide bonds. The highest BCUT2D eigenvalue weighted by molar-refractivity contribution is 7.89. The number of likely N-dealkylation sites (N-methyl/N-ethyl adjacent to an activating group) is 1. The summed E-state index contributed by atoms with van der Waals surface area (Å²) in [5, 5.41) is 2.66. The molecule has 1 fully saturated rings. The van der Waals surface area contributed by atoms with Crippen LogP contribution in [0.25, 0.3) is 0 Å². The van der Waals surface area contributed by atoms with Gasteiger partial charge in [0.2, 0.25) is 15.9 Å². The first kappa shape index (κ1) is 22.8. The number of amides is 1. The van der Waals surface area contributed by atoms with Gasteiger partial charge in [-0.2, -0.15) is 0 Å². The average molecular weight is 457 g/mol. The van der Waals surface area contributed by atoms with E-state index in [1.54, 1.807) is 12.1 Å². The van der Waals surface area contributed by atoms with Crippen LogP contribution in [0.3, 0.4) is 0 Å². The Kier molecular flexibility index (Phi) is 6.55. The predicted molar refractivity (Wildman–Crippen MR) is 128 cm³/mol. The Morgan fingerprint density at radius 2 is 1.69 bits per heavy atom. The molecule has 1 aliphatic heterocycles.